The zero-order valence-electron chi connectivity index (χ0n) is 13.8. The quantitative estimate of drug-likeness (QED) is 0.499. The minimum atomic E-state index is -4.50. The first kappa shape index (κ1) is 20.5. The van der Waals surface area contributed by atoms with Gasteiger partial charge in [0.1, 0.15) is 17.3 Å². The van der Waals surface area contributed by atoms with Gasteiger partial charge in [-0.2, -0.15) is 13.7 Å². The summed E-state index contributed by atoms with van der Waals surface area (Å²) in [5.41, 5.74) is -1.45. The van der Waals surface area contributed by atoms with Crippen LogP contribution >= 0.6 is 11.6 Å². The molecule has 0 radical (unpaired) electrons. The Kier molecular flexibility index (Phi) is 5.97. The number of aromatic hydroxyl groups is 1. The first-order chi connectivity index (χ1) is 12.6. The molecule has 0 aliphatic rings. The number of hydrogen-bond donors (Lipinski definition) is 3. The molecule has 0 aliphatic heterocycles. The molecule has 0 spiro atoms. The first-order valence-electron chi connectivity index (χ1n) is 7.28. The molecule has 0 aliphatic carbocycles. The number of aliphatic hydroxyl groups excluding tert-OH is 1. The second-order valence-corrected chi connectivity index (χ2v) is 7.08. The van der Waals surface area contributed by atoms with Gasteiger partial charge in [0.15, 0.2) is 5.69 Å². The van der Waals surface area contributed by atoms with Crippen LogP contribution in [0, 0.1) is 18.3 Å². The van der Waals surface area contributed by atoms with E-state index in [1.54, 1.807) is 6.07 Å². The lowest BCUT2D eigenvalue weighted by molar-refractivity contribution is 0.263. The molecular formula is C15H13ClN4O6S. The van der Waals surface area contributed by atoms with Crippen LogP contribution in [0.3, 0.4) is 0 Å². The molecule has 0 saturated heterocycles. The minimum Gasteiger partial charge on any atom is -0.493 e. The van der Waals surface area contributed by atoms with E-state index in [2.05, 4.69) is 10.2 Å². The molecule has 0 unspecified atom stereocenters. The van der Waals surface area contributed by atoms with Crippen molar-refractivity contribution in [3.63, 3.8) is 0 Å². The Hall–Kier alpha value is -2.78. The number of aliphatic hydroxyl groups is 1. The Morgan fingerprint density at radius 1 is 1.33 bits per heavy atom. The highest BCUT2D eigenvalue weighted by Gasteiger charge is 2.19. The summed E-state index contributed by atoms with van der Waals surface area (Å²) in [5.74, 6) is -0.612. The van der Waals surface area contributed by atoms with Crippen molar-refractivity contribution in [2.24, 2.45) is 10.2 Å². The normalized spacial score (nSPS) is 11.7. The fourth-order valence-electron chi connectivity index (χ4n) is 2.20. The molecule has 1 aromatic carbocycles. The highest BCUT2D eigenvalue weighted by Crippen LogP contribution is 2.31. The molecule has 0 atom stereocenters. The van der Waals surface area contributed by atoms with E-state index in [1.807, 2.05) is 0 Å². The van der Waals surface area contributed by atoms with Gasteiger partial charge in [0.2, 0.25) is 5.88 Å². The summed E-state index contributed by atoms with van der Waals surface area (Å²) in [6.07, 6.45) is 0. The first-order valence-corrected chi connectivity index (χ1v) is 9.09. The summed E-state index contributed by atoms with van der Waals surface area (Å²) in [6, 6.07) is 4.92. The molecule has 10 nitrogen and oxygen atoms in total. The van der Waals surface area contributed by atoms with Gasteiger partial charge in [-0.3, -0.25) is 13.9 Å². The largest absolute Gasteiger partial charge is 0.493 e. The predicted molar refractivity (Wildman–Crippen MR) is 94.3 cm³/mol. The second-order valence-electron chi connectivity index (χ2n) is 5.25. The van der Waals surface area contributed by atoms with Gasteiger partial charge in [-0.05, 0) is 25.1 Å². The molecule has 27 heavy (non-hydrogen) atoms. The lowest BCUT2D eigenvalue weighted by Gasteiger charge is -2.11. The standard InChI is InChI=1S/C15H13ClN4O6S/c1-8-10(7-17)14(22)20(4-5-21)15(23)13(8)19-18-12-6-9(27(24,25)26)2-3-11(12)16/h2-3,6,21-22H,4-5H2,1H3,(H,24,25,26). The lowest BCUT2D eigenvalue weighted by Crippen LogP contribution is -2.23. The summed E-state index contributed by atoms with van der Waals surface area (Å²) in [5, 5.41) is 35.7. The summed E-state index contributed by atoms with van der Waals surface area (Å²) >= 11 is 5.92. The van der Waals surface area contributed by atoms with Gasteiger partial charge >= 0.3 is 0 Å². The number of rotatable bonds is 5. The summed E-state index contributed by atoms with van der Waals surface area (Å²) < 4.78 is 32.3. The van der Waals surface area contributed by atoms with Gasteiger partial charge in [-0.25, -0.2) is 0 Å². The van der Waals surface area contributed by atoms with E-state index < -0.39 is 33.1 Å². The fraction of sp³-hybridized carbons (Fsp3) is 0.200. The van der Waals surface area contributed by atoms with Crippen molar-refractivity contribution < 1.29 is 23.2 Å². The van der Waals surface area contributed by atoms with E-state index in [4.69, 9.17) is 21.3 Å². The van der Waals surface area contributed by atoms with Crippen LogP contribution in [-0.4, -0.2) is 34.4 Å². The second kappa shape index (κ2) is 7.85. The van der Waals surface area contributed by atoms with E-state index >= 15 is 0 Å². The molecule has 1 heterocycles. The number of benzene rings is 1. The Labute approximate surface area is 158 Å². The number of nitrogens with zero attached hydrogens (tertiary/aromatic N) is 4. The number of halogens is 1. The Bertz CT molecular complexity index is 1130. The van der Waals surface area contributed by atoms with Crippen molar-refractivity contribution in [1.29, 1.82) is 5.26 Å². The van der Waals surface area contributed by atoms with Crippen LogP contribution in [0.1, 0.15) is 11.1 Å². The lowest BCUT2D eigenvalue weighted by atomic mass is 10.1. The maximum Gasteiger partial charge on any atom is 0.294 e. The van der Waals surface area contributed by atoms with Gasteiger partial charge in [0.05, 0.1) is 23.1 Å². The SMILES string of the molecule is Cc1c(C#N)c(O)n(CCO)c(=O)c1N=Nc1cc(S(=O)(=O)O)ccc1Cl. The van der Waals surface area contributed by atoms with Crippen molar-refractivity contribution in [1.82, 2.24) is 4.57 Å². The third kappa shape index (κ3) is 4.15. The zero-order valence-corrected chi connectivity index (χ0v) is 15.4. The predicted octanol–water partition coefficient (Wildman–Crippen LogP) is 2.04. The van der Waals surface area contributed by atoms with Crippen LogP contribution in [0.5, 0.6) is 5.88 Å². The maximum atomic E-state index is 12.5. The Morgan fingerprint density at radius 2 is 2.00 bits per heavy atom. The average molecular weight is 413 g/mol. The third-order valence-corrected chi connectivity index (χ3v) is 4.74. The molecule has 1 aromatic heterocycles. The van der Waals surface area contributed by atoms with E-state index in [-0.39, 0.29) is 34.1 Å². The van der Waals surface area contributed by atoms with Crippen LogP contribution in [0.2, 0.25) is 5.02 Å². The summed E-state index contributed by atoms with van der Waals surface area (Å²) in [4.78, 5) is 12.0. The number of nitriles is 1. The van der Waals surface area contributed by atoms with Gasteiger partial charge < -0.3 is 10.2 Å². The van der Waals surface area contributed by atoms with Crippen molar-refractivity contribution in [2.45, 2.75) is 18.4 Å². The van der Waals surface area contributed by atoms with Crippen LogP contribution in [-0.2, 0) is 16.7 Å². The number of azo groups is 1. The summed E-state index contributed by atoms with van der Waals surface area (Å²) in [7, 11) is -4.50. The van der Waals surface area contributed by atoms with E-state index in [9.17, 15) is 23.6 Å². The average Bonchev–Trinajstić information content (AvgIpc) is 2.59. The van der Waals surface area contributed by atoms with Crippen LogP contribution in [0.15, 0.2) is 38.1 Å². The molecule has 2 aromatic rings. The molecule has 0 saturated carbocycles. The van der Waals surface area contributed by atoms with Crippen LogP contribution in [0.4, 0.5) is 11.4 Å². The van der Waals surface area contributed by atoms with Gasteiger partial charge in [-0.15, -0.1) is 10.2 Å². The smallest absolute Gasteiger partial charge is 0.294 e. The molecule has 0 fully saturated rings. The van der Waals surface area contributed by atoms with Gasteiger partial charge in [0, 0.05) is 5.56 Å². The van der Waals surface area contributed by atoms with Crippen LogP contribution in [0.25, 0.3) is 0 Å². The number of aromatic nitrogens is 1. The molecule has 142 valence electrons. The van der Waals surface area contributed by atoms with Gasteiger partial charge in [-0.1, -0.05) is 11.6 Å². The number of pyridine rings is 1. The molecule has 3 N–H and O–H groups in total. The monoisotopic (exact) mass is 412 g/mol. The van der Waals surface area contributed by atoms with E-state index in [0.29, 0.717) is 0 Å². The van der Waals surface area contributed by atoms with Crippen molar-refractivity contribution >= 4 is 33.1 Å². The molecule has 0 bridgehead atoms. The van der Waals surface area contributed by atoms with Crippen molar-refractivity contribution in [2.75, 3.05) is 6.61 Å². The Morgan fingerprint density at radius 3 is 2.56 bits per heavy atom. The van der Waals surface area contributed by atoms with E-state index in [0.717, 1.165) is 16.7 Å². The topological polar surface area (TPSA) is 165 Å². The number of hydrogen-bond acceptors (Lipinski definition) is 8. The fourth-order valence-corrected chi connectivity index (χ4v) is 2.85. The highest BCUT2D eigenvalue weighted by molar-refractivity contribution is 7.85. The van der Waals surface area contributed by atoms with Gasteiger partial charge in [0.25, 0.3) is 15.7 Å². The van der Waals surface area contributed by atoms with Crippen LogP contribution < -0.4 is 5.56 Å². The molecular weight excluding hydrogens is 400 g/mol. The Balaban J connectivity index is 2.67. The summed E-state index contributed by atoms with van der Waals surface area (Å²) in [6.45, 7) is 0.620. The van der Waals surface area contributed by atoms with E-state index in [1.165, 1.54) is 13.0 Å². The minimum absolute atomic E-state index is 0.00114. The zero-order chi connectivity index (χ0) is 20.4. The van der Waals surface area contributed by atoms with Crippen molar-refractivity contribution in [3.05, 3.63) is 44.7 Å². The molecule has 0 amide bonds. The molecule has 2 rings (SSSR count). The maximum absolute atomic E-state index is 12.5. The third-order valence-electron chi connectivity index (χ3n) is 3.57. The highest BCUT2D eigenvalue weighted by atomic mass is 35.5. The van der Waals surface area contributed by atoms with Crippen molar-refractivity contribution in [3.8, 4) is 11.9 Å². The molecule has 12 heteroatoms.